The van der Waals surface area contributed by atoms with Gasteiger partial charge in [0, 0.05) is 12.5 Å². The van der Waals surface area contributed by atoms with Crippen molar-refractivity contribution < 1.29 is 9.53 Å². The minimum absolute atomic E-state index is 0.0875. The molecule has 12 heavy (non-hydrogen) atoms. The molecular formula is C9H17NO2. The molecule has 3 nitrogen and oxygen atoms in total. The first-order valence-corrected chi connectivity index (χ1v) is 4.67. The molecule has 0 aromatic heterocycles. The molecule has 1 fully saturated rings. The lowest BCUT2D eigenvalue weighted by atomic mass is 9.94. The third-order valence-electron chi connectivity index (χ3n) is 2.31. The molecule has 0 aromatic carbocycles. The molecule has 70 valence electrons. The average Bonchev–Trinajstić information content (AvgIpc) is 2.09. The average molecular weight is 171 g/mol. The number of carbonyl (C=O) groups excluding carboxylic acids is 1. The van der Waals surface area contributed by atoms with Crippen LogP contribution in [0.15, 0.2) is 0 Å². The van der Waals surface area contributed by atoms with Gasteiger partial charge in [-0.3, -0.25) is 4.79 Å². The lowest BCUT2D eigenvalue weighted by Gasteiger charge is -2.25. The van der Waals surface area contributed by atoms with Gasteiger partial charge in [-0.2, -0.15) is 0 Å². The van der Waals surface area contributed by atoms with Crippen molar-refractivity contribution in [2.45, 2.75) is 51.2 Å². The second-order valence-electron chi connectivity index (χ2n) is 3.38. The second kappa shape index (κ2) is 4.45. The quantitative estimate of drug-likeness (QED) is 0.635. The Bertz CT molecular complexity index is 151. The fourth-order valence-electron chi connectivity index (χ4n) is 1.48. The van der Waals surface area contributed by atoms with E-state index in [0.29, 0.717) is 12.5 Å². The molecule has 1 saturated carbocycles. The third kappa shape index (κ3) is 2.81. The molecule has 0 aromatic rings. The number of nitrogens with two attached hydrogens (primary N) is 1. The number of rotatable bonds is 2. The van der Waals surface area contributed by atoms with Crippen LogP contribution in [0.25, 0.3) is 0 Å². The van der Waals surface area contributed by atoms with E-state index < -0.39 is 0 Å². The van der Waals surface area contributed by atoms with Crippen LogP contribution in [0.5, 0.6) is 0 Å². The fraction of sp³-hybridized carbons (Fsp3) is 0.889. The van der Waals surface area contributed by atoms with Gasteiger partial charge in [0.05, 0.1) is 0 Å². The Morgan fingerprint density at radius 3 is 2.50 bits per heavy atom. The van der Waals surface area contributed by atoms with E-state index in [1.165, 1.54) is 0 Å². The van der Waals surface area contributed by atoms with Gasteiger partial charge in [0.2, 0.25) is 0 Å². The van der Waals surface area contributed by atoms with Crippen molar-refractivity contribution in [2.24, 2.45) is 5.73 Å². The van der Waals surface area contributed by atoms with Crippen LogP contribution in [0.4, 0.5) is 0 Å². The molecule has 1 aliphatic rings. The normalized spacial score (nSPS) is 29.8. The summed E-state index contributed by atoms with van der Waals surface area (Å²) in [5.74, 6) is -0.0875. The largest absolute Gasteiger partial charge is 0.462 e. The summed E-state index contributed by atoms with van der Waals surface area (Å²) >= 11 is 0. The molecule has 1 aliphatic carbocycles. The van der Waals surface area contributed by atoms with Gasteiger partial charge >= 0.3 is 5.97 Å². The first-order chi connectivity index (χ1) is 5.72. The Morgan fingerprint density at radius 2 is 2.00 bits per heavy atom. The van der Waals surface area contributed by atoms with Crippen molar-refractivity contribution in [3.05, 3.63) is 0 Å². The maximum Gasteiger partial charge on any atom is 0.305 e. The molecule has 0 amide bonds. The predicted molar refractivity (Wildman–Crippen MR) is 46.6 cm³/mol. The Hall–Kier alpha value is -0.570. The smallest absolute Gasteiger partial charge is 0.305 e. The lowest BCUT2D eigenvalue weighted by Crippen LogP contribution is -2.31. The molecule has 0 bridgehead atoms. The second-order valence-corrected chi connectivity index (χ2v) is 3.38. The maximum atomic E-state index is 10.9. The first kappa shape index (κ1) is 9.52. The van der Waals surface area contributed by atoms with E-state index in [0.717, 1.165) is 25.7 Å². The highest BCUT2D eigenvalue weighted by Crippen LogP contribution is 2.19. The summed E-state index contributed by atoms with van der Waals surface area (Å²) in [5, 5.41) is 0. The maximum absolute atomic E-state index is 10.9. The minimum atomic E-state index is -0.0875. The number of hydrogen-bond acceptors (Lipinski definition) is 3. The van der Waals surface area contributed by atoms with Crippen LogP contribution in [-0.2, 0) is 9.53 Å². The Labute approximate surface area is 73.3 Å². The Morgan fingerprint density at radius 1 is 1.42 bits per heavy atom. The summed E-state index contributed by atoms with van der Waals surface area (Å²) in [5.41, 5.74) is 5.72. The van der Waals surface area contributed by atoms with Gasteiger partial charge in [0.25, 0.3) is 0 Å². The SMILES string of the molecule is CCC(=O)OC1CCC(N)CC1. The van der Waals surface area contributed by atoms with Gasteiger partial charge in [-0.05, 0) is 25.7 Å². The van der Waals surface area contributed by atoms with Crippen molar-refractivity contribution in [3.8, 4) is 0 Å². The molecule has 2 N–H and O–H groups in total. The van der Waals surface area contributed by atoms with E-state index in [-0.39, 0.29) is 12.1 Å². The summed E-state index contributed by atoms with van der Waals surface area (Å²) < 4.78 is 5.19. The van der Waals surface area contributed by atoms with Crippen LogP contribution in [0.3, 0.4) is 0 Å². The first-order valence-electron chi connectivity index (χ1n) is 4.67. The van der Waals surface area contributed by atoms with Crippen molar-refractivity contribution >= 4 is 5.97 Å². The van der Waals surface area contributed by atoms with Gasteiger partial charge in [0.1, 0.15) is 6.10 Å². The Kier molecular flexibility index (Phi) is 3.53. The summed E-state index contributed by atoms with van der Waals surface area (Å²) in [4.78, 5) is 10.9. The monoisotopic (exact) mass is 171 g/mol. The molecule has 1 rings (SSSR count). The molecule has 3 heteroatoms. The summed E-state index contributed by atoms with van der Waals surface area (Å²) in [6.45, 7) is 1.82. The number of hydrogen-bond donors (Lipinski definition) is 1. The molecule has 0 heterocycles. The van der Waals surface area contributed by atoms with Crippen LogP contribution >= 0.6 is 0 Å². The minimum Gasteiger partial charge on any atom is -0.462 e. The molecule has 0 saturated heterocycles. The van der Waals surface area contributed by atoms with Gasteiger partial charge < -0.3 is 10.5 Å². The number of esters is 1. The third-order valence-corrected chi connectivity index (χ3v) is 2.31. The van der Waals surface area contributed by atoms with E-state index in [9.17, 15) is 4.79 Å². The highest BCUT2D eigenvalue weighted by Gasteiger charge is 2.20. The fourth-order valence-corrected chi connectivity index (χ4v) is 1.48. The predicted octanol–water partition coefficient (Wildman–Crippen LogP) is 1.21. The zero-order chi connectivity index (χ0) is 8.97. The van der Waals surface area contributed by atoms with E-state index in [1.807, 2.05) is 6.92 Å². The molecule has 0 spiro atoms. The number of carbonyl (C=O) groups is 1. The van der Waals surface area contributed by atoms with Gasteiger partial charge in [-0.15, -0.1) is 0 Å². The summed E-state index contributed by atoms with van der Waals surface area (Å²) in [6, 6.07) is 0.321. The standard InChI is InChI=1S/C9H17NO2/c1-2-9(11)12-8-5-3-7(10)4-6-8/h7-8H,2-6,10H2,1H3. The van der Waals surface area contributed by atoms with Gasteiger partial charge in [-0.25, -0.2) is 0 Å². The zero-order valence-electron chi connectivity index (χ0n) is 7.58. The van der Waals surface area contributed by atoms with E-state index in [1.54, 1.807) is 0 Å². The van der Waals surface area contributed by atoms with Crippen LogP contribution in [-0.4, -0.2) is 18.1 Å². The van der Waals surface area contributed by atoms with Crippen LogP contribution in [0, 0.1) is 0 Å². The Balaban J connectivity index is 2.21. The van der Waals surface area contributed by atoms with Crippen molar-refractivity contribution in [3.63, 3.8) is 0 Å². The zero-order valence-corrected chi connectivity index (χ0v) is 7.58. The van der Waals surface area contributed by atoms with E-state index in [2.05, 4.69) is 0 Å². The number of ether oxygens (including phenoxy) is 1. The summed E-state index contributed by atoms with van der Waals surface area (Å²) in [6.07, 6.45) is 4.46. The van der Waals surface area contributed by atoms with Crippen LogP contribution < -0.4 is 5.73 Å². The lowest BCUT2D eigenvalue weighted by molar-refractivity contribution is -0.150. The topological polar surface area (TPSA) is 52.3 Å². The van der Waals surface area contributed by atoms with E-state index in [4.69, 9.17) is 10.5 Å². The molecule has 0 atom stereocenters. The molecule has 0 unspecified atom stereocenters. The molecule has 0 aliphatic heterocycles. The van der Waals surface area contributed by atoms with Crippen molar-refractivity contribution in [1.29, 1.82) is 0 Å². The van der Waals surface area contributed by atoms with Crippen LogP contribution in [0.1, 0.15) is 39.0 Å². The molecule has 0 radical (unpaired) electrons. The van der Waals surface area contributed by atoms with Crippen LogP contribution in [0.2, 0.25) is 0 Å². The highest BCUT2D eigenvalue weighted by atomic mass is 16.5. The molecular weight excluding hydrogens is 154 g/mol. The summed E-state index contributed by atoms with van der Waals surface area (Å²) in [7, 11) is 0. The van der Waals surface area contributed by atoms with Crippen molar-refractivity contribution in [1.82, 2.24) is 0 Å². The highest BCUT2D eigenvalue weighted by molar-refractivity contribution is 5.69. The van der Waals surface area contributed by atoms with Gasteiger partial charge in [-0.1, -0.05) is 6.92 Å². The van der Waals surface area contributed by atoms with Gasteiger partial charge in [0.15, 0.2) is 0 Å². The van der Waals surface area contributed by atoms with E-state index >= 15 is 0 Å². The van der Waals surface area contributed by atoms with Crippen molar-refractivity contribution in [2.75, 3.05) is 0 Å².